The number of aromatic hydroxyl groups is 1. The van der Waals surface area contributed by atoms with Crippen LogP contribution >= 0.6 is 0 Å². The second-order valence-corrected chi connectivity index (χ2v) is 5.15. The SMILES string of the molecule is COc1ccc(/C=C(\C)C(=O)c2c(O)cc(OC)cc2OC)cc1. The van der Waals surface area contributed by atoms with Crippen LogP contribution in [0.25, 0.3) is 6.08 Å². The Balaban J connectivity index is 2.38. The summed E-state index contributed by atoms with van der Waals surface area (Å²) in [7, 11) is 4.51. The highest BCUT2D eigenvalue weighted by Gasteiger charge is 2.20. The lowest BCUT2D eigenvalue weighted by molar-refractivity contribution is 0.103. The Labute approximate surface area is 141 Å². The van der Waals surface area contributed by atoms with Gasteiger partial charge >= 0.3 is 0 Å². The number of Topliss-reactive ketones (excluding diaryl/α,β-unsaturated/α-hetero) is 1. The molecule has 0 radical (unpaired) electrons. The Kier molecular flexibility index (Phi) is 5.47. The third-order valence-electron chi connectivity index (χ3n) is 3.59. The van der Waals surface area contributed by atoms with Gasteiger partial charge in [-0.1, -0.05) is 12.1 Å². The zero-order chi connectivity index (χ0) is 17.7. The summed E-state index contributed by atoms with van der Waals surface area (Å²) in [4.78, 5) is 12.7. The summed E-state index contributed by atoms with van der Waals surface area (Å²) in [5.74, 6) is 0.920. The van der Waals surface area contributed by atoms with Crippen LogP contribution in [0.2, 0.25) is 0 Å². The Morgan fingerprint density at radius 2 is 1.58 bits per heavy atom. The molecule has 0 spiro atoms. The van der Waals surface area contributed by atoms with Crippen molar-refractivity contribution in [3.05, 3.63) is 53.1 Å². The molecule has 2 rings (SSSR count). The quantitative estimate of drug-likeness (QED) is 0.647. The molecule has 2 aromatic carbocycles. The Bertz CT molecular complexity index is 760. The molecule has 0 saturated heterocycles. The number of ether oxygens (including phenoxy) is 3. The van der Waals surface area contributed by atoms with Crippen LogP contribution in [0.3, 0.4) is 0 Å². The highest BCUT2D eigenvalue weighted by Crippen LogP contribution is 2.35. The minimum absolute atomic E-state index is 0.112. The van der Waals surface area contributed by atoms with Crippen LogP contribution < -0.4 is 14.2 Å². The smallest absolute Gasteiger partial charge is 0.196 e. The summed E-state index contributed by atoms with van der Waals surface area (Å²) in [6, 6.07) is 10.3. The standard InChI is InChI=1S/C19H20O5/c1-12(9-13-5-7-14(22-2)8-6-13)19(21)18-16(20)10-15(23-3)11-17(18)24-4/h5-11,20H,1-4H3/b12-9+. The molecule has 1 N–H and O–H groups in total. The van der Waals surface area contributed by atoms with Crippen LogP contribution in [0.1, 0.15) is 22.8 Å². The highest BCUT2D eigenvalue weighted by molar-refractivity contribution is 6.14. The van der Waals surface area contributed by atoms with Crippen LogP contribution in [0.15, 0.2) is 42.0 Å². The lowest BCUT2D eigenvalue weighted by Gasteiger charge is -2.12. The molecule has 0 unspecified atom stereocenters. The number of hydrogen-bond acceptors (Lipinski definition) is 5. The lowest BCUT2D eigenvalue weighted by Crippen LogP contribution is -2.04. The second kappa shape index (κ2) is 7.55. The number of phenolic OH excluding ortho intramolecular Hbond substituents is 1. The number of hydrogen-bond donors (Lipinski definition) is 1. The van der Waals surface area contributed by atoms with Gasteiger partial charge in [0.25, 0.3) is 0 Å². The fraction of sp³-hybridized carbons (Fsp3) is 0.211. The molecule has 0 aliphatic rings. The summed E-state index contributed by atoms with van der Waals surface area (Å²) >= 11 is 0. The first-order valence-corrected chi connectivity index (χ1v) is 7.32. The first kappa shape index (κ1) is 17.4. The van der Waals surface area contributed by atoms with E-state index in [2.05, 4.69) is 0 Å². The zero-order valence-corrected chi connectivity index (χ0v) is 14.1. The first-order valence-electron chi connectivity index (χ1n) is 7.32. The summed E-state index contributed by atoms with van der Waals surface area (Å²) in [6.07, 6.45) is 1.74. The largest absolute Gasteiger partial charge is 0.507 e. The van der Waals surface area contributed by atoms with Crippen molar-refractivity contribution in [2.45, 2.75) is 6.92 Å². The van der Waals surface area contributed by atoms with Crippen LogP contribution in [0, 0.1) is 0 Å². The number of ketones is 1. The molecule has 5 heteroatoms. The lowest BCUT2D eigenvalue weighted by atomic mass is 10.00. The third kappa shape index (κ3) is 3.68. The minimum atomic E-state index is -0.317. The van der Waals surface area contributed by atoms with Crippen LogP contribution in [0.5, 0.6) is 23.0 Å². The molecule has 0 aliphatic carbocycles. The van der Waals surface area contributed by atoms with E-state index in [0.29, 0.717) is 11.3 Å². The van der Waals surface area contributed by atoms with Gasteiger partial charge in [-0.25, -0.2) is 0 Å². The van der Waals surface area contributed by atoms with E-state index in [1.54, 1.807) is 26.2 Å². The summed E-state index contributed by atoms with van der Waals surface area (Å²) in [5, 5.41) is 10.2. The molecule has 0 aliphatic heterocycles. The number of methoxy groups -OCH3 is 3. The Morgan fingerprint density at radius 3 is 2.12 bits per heavy atom. The third-order valence-corrected chi connectivity index (χ3v) is 3.59. The second-order valence-electron chi connectivity index (χ2n) is 5.15. The average Bonchev–Trinajstić information content (AvgIpc) is 2.60. The van der Waals surface area contributed by atoms with Gasteiger partial charge in [0, 0.05) is 12.1 Å². The van der Waals surface area contributed by atoms with Gasteiger partial charge in [0.05, 0.1) is 21.3 Å². The van der Waals surface area contributed by atoms with Crippen LogP contribution in [-0.2, 0) is 0 Å². The molecule has 2 aromatic rings. The van der Waals surface area contributed by atoms with E-state index in [4.69, 9.17) is 14.2 Å². The fourth-order valence-corrected chi connectivity index (χ4v) is 2.30. The fourth-order valence-electron chi connectivity index (χ4n) is 2.30. The van der Waals surface area contributed by atoms with Crippen LogP contribution in [0.4, 0.5) is 0 Å². The van der Waals surface area contributed by atoms with E-state index in [9.17, 15) is 9.90 Å². The van der Waals surface area contributed by atoms with E-state index in [0.717, 1.165) is 11.3 Å². The van der Waals surface area contributed by atoms with Gasteiger partial charge in [0.2, 0.25) is 0 Å². The first-order chi connectivity index (χ1) is 11.5. The minimum Gasteiger partial charge on any atom is -0.507 e. The van der Waals surface area contributed by atoms with Gasteiger partial charge in [0.1, 0.15) is 28.6 Å². The number of carbonyl (C=O) groups excluding carboxylic acids is 1. The molecule has 0 aromatic heterocycles. The molecule has 24 heavy (non-hydrogen) atoms. The van der Waals surface area contributed by atoms with Crippen LogP contribution in [-0.4, -0.2) is 32.2 Å². The highest BCUT2D eigenvalue weighted by atomic mass is 16.5. The van der Waals surface area contributed by atoms with Gasteiger partial charge < -0.3 is 19.3 Å². The maximum atomic E-state index is 12.7. The molecule has 0 heterocycles. The maximum Gasteiger partial charge on any atom is 0.196 e. The number of phenols is 1. The van der Waals surface area contributed by atoms with E-state index in [-0.39, 0.29) is 22.8 Å². The van der Waals surface area contributed by atoms with E-state index >= 15 is 0 Å². The summed E-state index contributed by atoms with van der Waals surface area (Å²) in [5.41, 5.74) is 1.44. The van der Waals surface area contributed by atoms with Gasteiger partial charge in [-0.3, -0.25) is 4.79 Å². The predicted molar refractivity (Wildman–Crippen MR) is 92.2 cm³/mol. The summed E-state index contributed by atoms with van der Waals surface area (Å²) in [6.45, 7) is 1.69. The van der Waals surface area contributed by atoms with Crippen molar-refractivity contribution >= 4 is 11.9 Å². The van der Waals surface area contributed by atoms with Gasteiger partial charge in [0.15, 0.2) is 5.78 Å². The summed E-state index contributed by atoms with van der Waals surface area (Å²) < 4.78 is 15.4. The van der Waals surface area contributed by atoms with Gasteiger partial charge in [-0.05, 0) is 36.3 Å². The topological polar surface area (TPSA) is 65.0 Å². The number of carbonyl (C=O) groups is 1. The molecule has 0 atom stereocenters. The van der Waals surface area contributed by atoms with Crippen molar-refractivity contribution in [1.29, 1.82) is 0 Å². The van der Waals surface area contributed by atoms with Crippen molar-refractivity contribution in [2.24, 2.45) is 0 Å². The number of allylic oxidation sites excluding steroid dienone is 1. The Morgan fingerprint density at radius 1 is 0.958 bits per heavy atom. The monoisotopic (exact) mass is 328 g/mol. The zero-order valence-electron chi connectivity index (χ0n) is 14.1. The molecule has 0 fully saturated rings. The molecular weight excluding hydrogens is 308 g/mol. The number of rotatable bonds is 6. The predicted octanol–water partition coefficient (Wildman–Crippen LogP) is 3.70. The van der Waals surface area contributed by atoms with Gasteiger partial charge in [-0.2, -0.15) is 0 Å². The normalized spacial score (nSPS) is 11.1. The van der Waals surface area contributed by atoms with E-state index in [1.807, 2.05) is 24.3 Å². The average molecular weight is 328 g/mol. The van der Waals surface area contributed by atoms with Crippen molar-refractivity contribution < 1.29 is 24.1 Å². The maximum absolute atomic E-state index is 12.7. The van der Waals surface area contributed by atoms with Gasteiger partial charge in [-0.15, -0.1) is 0 Å². The number of benzene rings is 2. The molecule has 5 nitrogen and oxygen atoms in total. The van der Waals surface area contributed by atoms with Crippen molar-refractivity contribution in [2.75, 3.05) is 21.3 Å². The van der Waals surface area contributed by atoms with Crippen molar-refractivity contribution in [3.63, 3.8) is 0 Å². The van der Waals surface area contributed by atoms with Crippen molar-refractivity contribution in [3.8, 4) is 23.0 Å². The Hall–Kier alpha value is -2.95. The van der Waals surface area contributed by atoms with Crippen molar-refractivity contribution in [1.82, 2.24) is 0 Å². The molecular formula is C19H20O5. The molecule has 126 valence electrons. The van der Waals surface area contributed by atoms with E-state index in [1.165, 1.54) is 20.3 Å². The van der Waals surface area contributed by atoms with E-state index < -0.39 is 0 Å². The molecule has 0 amide bonds. The molecule has 0 bridgehead atoms. The molecule has 0 saturated carbocycles.